The summed E-state index contributed by atoms with van der Waals surface area (Å²) in [6, 6.07) is 14.4. The Morgan fingerprint density at radius 1 is 1.03 bits per heavy atom. The van der Waals surface area contributed by atoms with Gasteiger partial charge in [-0.05, 0) is 40.7 Å². The zero-order valence-electron chi connectivity index (χ0n) is 17.4. The molecule has 2 heterocycles. The molecule has 0 N–H and O–H groups in total. The number of tetrazole rings is 1. The number of hydrogen-bond donors (Lipinski definition) is 0. The molecule has 0 saturated carbocycles. The number of likely N-dealkylation sites (N-methyl/N-ethyl adjacent to an activating group) is 1. The predicted molar refractivity (Wildman–Crippen MR) is 112 cm³/mol. The van der Waals surface area contributed by atoms with Gasteiger partial charge in [-0.2, -0.15) is 0 Å². The van der Waals surface area contributed by atoms with Crippen molar-refractivity contribution in [2.24, 2.45) is 0 Å². The van der Waals surface area contributed by atoms with Gasteiger partial charge in [-0.15, -0.1) is 5.10 Å². The number of piperazine rings is 1. The second-order valence-electron chi connectivity index (χ2n) is 7.44. The highest BCUT2D eigenvalue weighted by atomic mass is 19.1. The molecule has 1 aromatic heterocycles. The lowest BCUT2D eigenvalue weighted by molar-refractivity contribution is 0.107. The Hall–Kier alpha value is -2.84. The number of nitrogens with zero attached hydrogens (tertiary/aromatic N) is 6. The molecule has 0 amide bonds. The van der Waals surface area contributed by atoms with Crippen LogP contribution in [0.4, 0.5) is 4.39 Å². The van der Waals surface area contributed by atoms with Gasteiger partial charge in [0.25, 0.3) is 0 Å². The molecule has 4 rings (SSSR count). The second kappa shape index (κ2) is 9.32. The molecule has 0 unspecified atom stereocenters. The minimum Gasteiger partial charge on any atom is -0.497 e. The standard InChI is InChI=1S/C22H27FN6O/c1-3-27-12-14-28(15-13-27)21(19-6-4-5-7-20(19)23)22-24-25-26-29(22)16-17-8-10-18(30-2)11-9-17/h4-11,21H,3,12-16H2,1-2H3/t21-/m0/s1. The minimum absolute atomic E-state index is 0.237. The first-order valence-corrected chi connectivity index (χ1v) is 10.3. The number of benzene rings is 2. The molecule has 2 aromatic carbocycles. The lowest BCUT2D eigenvalue weighted by Crippen LogP contribution is -2.48. The Labute approximate surface area is 176 Å². The third-order valence-electron chi connectivity index (χ3n) is 5.71. The van der Waals surface area contributed by atoms with Gasteiger partial charge in [0, 0.05) is 31.7 Å². The Kier molecular flexibility index (Phi) is 6.35. The van der Waals surface area contributed by atoms with Crippen LogP contribution >= 0.6 is 0 Å². The van der Waals surface area contributed by atoms with Crippen molar-refractivity contribution in [2.75, 3.05) is 39.8 Å². The smallest absolute Gasteiger partial charge is 0.173 e. The van der Waals surface area contributed by atoms with Gasteiger partial charge in [-0.1, -0.05) is 37.3 Å². The number of ether oxygens (including phenoxy) is 1. The number of hydrogen-bond acceptors (Lipinski definition) is 6. The summed E-state index contributed by atoms with van der Waals surface area (Å²) in [7, 11) is 1.64. The molecule has 1 aliphatic rings. The first-order chi connectivity index (χ1) is 14.7. The number of methoxy groups -OCH3 is 1. The lowest BCUT2D eigenvalue weighted by atomic mass is 10.0. The minimum atomic E-state index is -0.335. The molecule has 30 heavy (non-hydrogen) atoms. The molecular formula is C22H27FN6O. The first kappa shape index (κ1) is 20.4. The van der Waals surface area contributed by atoms with Crippen LogP contribution in [0.15, 0.2) is 48.5 Å². The molecule has 7 nitrogen and oxygen atoms in total. The first-order valence-electron chi connectivity index (χ1n) is 10.3. The van der Waals surface area contributed by atoms with Crippen LogP contribution in [0.1, 0.15) is 29.9 Å². The number of rotatable bonds is 7. The van der Waals surface area contributed by atoms with Crippen molar-refractivity contribution in [1.82, 2.24) is 30.0 Å². The van der Waals surface area contributed by atoms with E-state index in [1.807, 2.05) is 36.4 Å². The van der Waals surface area contributed by atoms with Crippen LogP contribution in [0.3, 0.4) is 0 Å². The van der Waals surface area contributed by atoms with Crippen molar-refractivity contribution < 1.29 is 9.13 Å². The van der Waals surface area contributed by atoms with Crippen LogP contribution in [0.25, 0.3) is 0 Å². The Balaban J connectivity index is 1.66. The SMILES string of the molecule is CCN1CCN([C@@H](c2ccccc2F)c2nnnn2Cc2ccc(OC)cc2)CC1. The van der Waals surface area contributed by atoms with Gasteiger partial charge in [-0.25, -0.2) is 9.07 Å². The molecule has 1 aliphatic heterocycles. The maximum Gasteiger partial charge on any atom is 0.173 e. The van der Waals surface area contributed by atoms with Crippen LogP contribution in [0.2, 0.25) is 0 Å². The fourth-order valence-corrected chi connectivity index (χ4v) is 3.96. The van der Waals surface area contributed by atoms with Crippen molar-refractivity contribution in [3.05, 3.63) is 71.3 Å². The zero-order chi connectivity index (χ0) is 20.9. The van der Waals surface area contributed by atoms with Gasteiger partial charge in [-0.3, -0.25) is 4.90 Å². The third-order valence-corrected chi connectivity index (χ3v) is 5.71. The largest absolute Gasteiger partial charge is 0.497 e. The summed E-state index contributed by atoms with van der Waals surface area (Å²) in [6.07, 6.45) is 0. The molecule has 3 aromatic rings. The molecule has 0 aliphatic carbocycles. The molecule has 158 valence electrons. The van der Waals surface area contributed by atoms with Gasteiger partial charge < -0.3 is 9.64 Å². The van der Waals surface area contributed by atoms with Crippen molar-refractivity contribution in [3.63, 3.8) is 0 Å². The van der Waals surface area contributed by atoms with E-state index in [0.29, 0.717) is 17.9 Å². The summed E-state index contributed by atoms with van der Waals surface area (Å²) in [6.45, 7) is 7.26. The Bertz CT molecular complexity index is 952. The van der Waals surface area contributed by atoms with Crippen molar-refractivity contribution in [2.45, 2.75) is 19.5 Å². The normalized spacial score (nSPS) is 16.5. The van der Waals surface area contributed by atoms with E-state index in [0.717, 1.165) is 44.0 Å². The molecule has 8 heteroatoms. The maximum atomic E-state index is 14.8. The van der Waals surface area contributed by atoms with Crippen molar-refractivity contribution in [1.29, 1.82) is 0 Å². The van der Waals surface area contributed by atoms with Gasteiger partial charge in [0.1, 0.15) is 17.6 Å². The molecule has 1 fully saturated rings. The van der Waals surface area contributed by atoms with E-state index in [-0.39, 0.29) is 11.9 Å². The van der Waals surface area contributed by atoms with Crippen LogP contribution in [-0.4, -0.2) is 69.8 Å². The van der Waals surface area contributed by atoms with Crippen LogP contribution in [0, 0.1) is 5.82 Å². The molecule has 0 spiro atoms. The van der Waals surface area contributed by atoms with Crippen molar-refractivity contribution >= 4 is 0 Å². The summed E-state index contributed by atoms with van der Waals surface area (Å²) in [5.41, 5.74) is 1.65. The summed E-state index contributed by atoms with van der Waals surface area (Å²) < 4.78 is 21.8. The van der Waals surface area contributed by atoms with E-state index < -0.39 is 0 Å². The van der Waals surface area contributed by atoms with E-state index >= 15 is 0 Å². The van der Waals surface area contributed by atoms with Gasteiger partial charge in [0.05, 0.1) is 13.7 Å². The molecule has 1 atom stereocenters. The summed E-state index contributed by atoms with van der Waals surface area (Å²) in [4.78, 5) is 4.68. The topological polar surface area (TPSA) is 59.3 Å². The monoisotopic (exact) mass is 410 g/mol. The summed E-state index contributed by atoms with van der Waals surface area (Å²) in [5, 5.41) is 12.5. The maximum absolute atomic E-state index is 14.8. The summed E-state index contributed by atoms with van der Waals surface area (Å²) in [5.74, 6) is 1.22. The van der Waals surface area contributed by atoms with E-state index in [1.54, 1.807) is 17.9 Å². The molecular weight excluding hydrogens is 383 g/mol. The van der Waals surface area contributed by atoms with E-state index in [9.17, 15) is 4.39 Å². The van der Waals surface area contributed by atoms with Gasteiger partial charge in [0.2, 0.25) is 0 Å². The summed E-state index contributed by atoms with van der Waals surface area (Å²) >= 11 is 0. The highest BCUT2D eigenvalue weighted by Gasteiger charge is 2.32. The Morgan fingerprint density at radius 3 is 2.43 bits per heavy atom. The second-order valence-corrected chi connectivity index (χ2v) is 7.44. The van der Waals surface area contributed by atoms with Crippen LogP contribution in [0.5, 0.6) is 5.75 Å². The predicted octanol–water partition coefficient (Wildman–Crippen LogP) is 2.60. The van der Waals surface area contributed by atoms with E-state index in [4.69, 9.17) is 4.74 Å². The van der Waals surface area contributed by atoms with E-state index in [1.165, 1.54) is 6.07 Å². The quantitative estimate of drug-likeness (QED) is 0.597. The highest BCUT2D eigenvalue weighted by Crippen LogP contribution is 2.30. The van der Waals surface area contributed by atoms with Crippen molar-refractivity contribution in [3.8, 4) is 5.75 Å². The third kappa shape index (κ3) is 4.34. The average Bonchev–Trinajstić information content (AvgIpc) is 3.24. The zero-order valence-corrected chi connectivity index (χ0v) is 17.4. The molecule has 1 saturated heterocycles. The average molecular weight is 410 g/mol. The lowest BCUT2D eigenvalue weighted by Gasteiger charge is -2.38. The van der Waals surface area contributed by atoms with Gasteiger partial charge in [0.15, 0.2) is 5.82 Å². The fraction of sp³-hybridized carbons (Fsp3) is 0.409. The number of halogens is 1. The van der Waals surface area contributed by atoms with E-state index in [2.05, 4.69) is 32.2 Å². The van der Waals surface area contributed by atoms with Crippen LogP contribution in [-0.2, 0) is 6.54 Å². The molecule has 0 bridgehead atoms. The highest BCUT2D eigenvalue weighted by molar-refractivity contribution is 5.29. The fourth-order valence-electron chi connectivity index (χ4n) is 3.96. The van der Waals surface area contributed by atoms with Gasteiger partial charge >= 0.3 is 0 Å². The molecule has 0 radical (unpaired) electrons. The Morgan fingerprint density at radius 2 is 1.77 bits per heavy atom. The number of aromatic nitrogens is 4. The van der Waals surface area contributed by atoms with Crippen LogP contribution < -0.4 is 4.74 Å².